The molecule has 1 heterocycles. The molecule has 36 heavy (non-hydrogen) atoms. The Kier molecular flexibility index (Phi) is 6.96. The van der Waals surface area contributed by atoms with Crippen molar-refractivity contribution in [2.75, 3.05) is 13.7 Å². The Morgan fingerprint density at radius 3 is 1.78 bits per heavy atom. The van der Waals surface area contributed by atoms with Gasteiger partial charge in [0.1, 0.15) is 0 Å². The Balaban J connectivity index is 1.56. The highest BCUT2D eigenvalue weighted by Gasteiger charge is 2.35. The van der Waals surface area contributed by atoms with E-state index in [1.807, 2.05) is 12.1 Å². The largest absolute Gasteiger partial charge is 0.469 e. The van der Waals surface area contributed by atoms with E-state index in [2.05, 4.69) is 113 Å². The second kappa shape index (κ2) is 10.6. The minimum atomic E-state index is -0.529. The lowest BCUT2D eigenvalue weighted by Gasteiger charge is -2.37. The van der Waals surface area contributed by atoms with Gasteiger partial charge < -0.3 is 9.72 Å². The summed E-state index contributed by atoms with van der Waals surface area (Å²) in [5, 5.41) is 5.09. The van der Waals surface area contributed by atoms with Crippen molar-refractivity contribution < 1.29 is 9.53 Å². The third-order valence-electron chi connectivity index (χ3n) is 6.84. The second-order valence-corrected chi connectivity index (χ2v) is 8.91. The summed E-state index contributed by atoms with van der Waals surface area (Å²) in [6.07, 6.45) is 0.978. The van der Waals surface area contributed by atoms with Crippen molar-refractivity contribution in [2.24, 2.45) is 0 Å². The first-order valence-corrected chi connectivity index (χ1v) is 12.3. The van der Waals surface area contributed by atoms with Gasteiger partial charge in [0.25, 0.3) is 0 Å². The molecule has 0 unspecified atom stereocenters. The number of hydrogen-bond acceptors (Lipinski definition) is 3. The van der Waals surface area contributed by atoms with E-state index in [0.29, 0.717) is 6.54 Å². The number of aromatic amines is 1. The number of hydrogen-bond donors (Lipinski definition) is 2. The predicted octanol–water partition coefficient (Wildman–Crippen LogP) is 6.01. The van der Waals surface area contributed by atoms with Gasteiger partial charge in [-0.25, -0.2) is 0 Å². The van der Waals surface area contributed by atoms with Crippen LogP contribution < -0.4 is 5.32 Å². The number of carbonyl (C=O) groups excluding carboxylic acids is 1. The van der Waals surface area contributed by atoms with E-state index in [0.717, 1.165) is 28.6 Å². The lowest BCUT2D eigenvalue weighted by molar-refractivity contribution is -0.139. The third kappa shape index (κ3) is 4.56. The Morgan fingerprint density at radius 2 is 1.25 bits per heavy atom. The van der Waals surface area contributed by atoms with Gasteiger partial charge in [-0.15, -0.1) is 0 Å². The number of aromatic nitrogens is 1. The highest BCUT2D eigenvalue weighted by atomic mass is 16.5. The summed E-state index contributed by atoms with van der Waals surface area (Å²) in [6.45, 7) is 0.703. The number of esters is 1. The first-order valence-electron chi connectivity index (χ1n) is 12.3. The molecule has 0 amide bonds. The first kappa shape index (κ1) is 23.6. The van der Waals surface area contributed by atoms with E-state index in [4.69, 9.17) is 4.74 Å². The van der Waals surface area contributed by atoms with Gasteiger partial charge in [-0.3, -0.25) is 10.1 Å². The molecule has 4 nitrogen and oxygen atoms in total. The smallest absolute Gasteiger partial charge is 0.311 e. The van der Waals surface area contributed by atoms with E-state index in [9.17, 15) is 4.79 Å². The van der Waals surface area contributed by atoms with E-state index >= 15 is 0 Å². The van der Waals surface area contributed by atoms with Crippen LogP contribution in [0.3, 0.4) is 0 Å². The molecule has 180 valence electrons. The summed E-state index contributed by atoms with van der Waals surface area (Å²) in [7, 11) is 1.43. The van der Waals surface area contributed by atoms with Crippen molar-refractivity contribution in [1.82, 2.24) is 10.3 Å². The maximum absolute atomic E-state index is 12.1. The molecule has 0 radical (unpaired) electrons. The van der Waals surface area contributed by atoms with Crippen LogP contribution in [-0.2, 0) is 27.9 Å². The molecule has 1 aromatic heterocycles. The van der Waals surface area contributed by atoms with Gasteiger partial charge in [0.2, 0.25) is 0 Å². The lowest BCUT2D eigenvalue weighted by atomic mass is 9.77. The molecule has 0 aliphatic carbocycles. The number of nitrogens with one attached hydrogen (secondary N) is 2. The second-order valence-electron chi connectivity index (χ2n) is 8.91. The standard InChI is InChI=1S/C32H30N2O2/c1-36-31(35)23-30-28(27-19-11-12-20-29(27)34-30)21-22-33-32(24-13-5-2-6-14-24,25-15-7-3-8-16-25)26-17-9-4-10-18-26/h2-20,33-34H,21-23H2,1H3. The fourth-order valence-corrected chi connectivity index (χ4v) is 5.15. The number of carbonyl (C=O) groups is 1. The summed E-state index contributed by atoms with van der Waals surface area (Å²) in [5.41, 5.74) is 6.09. The number of para-hydroxylation sites is 1. The Bertz CT molecular complexity index is 1330. The van der Waals surface area contributed by atoms with Gasteiger partial charge in [-0.2, -0.15) is 0 Å². The van der Waals surface area contributed by atoms with Crippen molar-refractivity contribution in [3.8, 4) is 0 Å². The summed E-state index contributed by atoms with van der Waals surface area (Å²) in [5.74, 6) is -0.247. The fraction of sp³-hybridized carbons (Fsp3) is 0.156. The molecule has 4 aromatic carbocycles. The summed E-state index contributed by atoms with van der Waals surface area (Å²) < 4.78 is 4.96. The van der Waals surface area contributed by atoms with Gasteiger partial charge in [0.15, 0.2) is 0 Å². The molecular weight excluding hydrogens is 444 g/mol. The zero-order valence-electron chi connectivity index (χ0n) is 20.4. The van der Waals surface area contributed by atoms with Crippen molar-refractivity contribution in [3.05, 3.63) is 143 Å². The molecule has 0 aliphatic heterocycles. The third-order valence-corrected chi connectivity index (χ3v) is 6.84. The Labute approximate surface area is 212 Å². The zero-order chi connectivity index (χ0) is 24.8. The zero-order valence-corrected chi connectivity index (χ0v) is 20.4. The average molecular weight is 475 g/mol. The number of fused-ring (bicyclic) bond motifs is 1. The minimum Gasteiger partial charge on any atom is -0.469 e. The normalized spacial score (nSPS) is 11.5. The van der Waals surface area contributed by atoms with Crippen molar-refractivity contribution in [1.29, 1.82) is 0 Å². The van der Waals surface area contributed by atoms with Gasteiger partial charge in [0, 0.05) is 23.1 Å². The number of methoxy groups -OCH3 is 1. The van der Waals surface area contributed by atoms with Crippen molar-refractivity contribution in [3.63, 3.8) is 0 Å². The van der Waals surface area contributed by atoms with E-state index in [1.165, 1.54) is 23.8 Å². The molecule has 4 heteroatoms. The molecule has 0 saturated carbocycles. The van der Waals surface area contributed by atoms with Crippen LogP contribution in [0.5, 0.6) is 0 Å². The van der Waals surface area contributed by atoms with Crippen LogP contribution in [0.1, 0.15) is 27.9 Å². The molecule has 0 bridgehead atoms. The molecule has 0 fully saturated rings. The lowest BCUT2D eigenvalue weighted by Crippen LogP contribution is -2.45. The monoisotopic (exact) mass is 474 g/mol. The average Bonchev–Trinajstić information content (AvgIpc) is 3.29. The minimum absolute atomic E-state index is 0.224. The van der Waals surface area contributed by atoms with Gasteiger partial charge in [0.05, 0.1) is 19.1 Å². The number of ether oxygens (including phenoxy) is 1. The van der Waals surface area contributed by atoms with Gasteiger partial charge in [-0.1, -0.05) is 109 Å². The van der Waals surface area contributed by atoms with Gasteiger partial charge >= 0.3 is 5.97 Å². The highest BCUT2D eigenvalue weighted by Crippen LogP contribution is 2.37. The van der Waals surface area contributed by atoms with Crippen LogP contribution in [0.25, 0.3) is 10.9 Å². The van der Waals surface area contributed by atoms with Crippen LogP contribution in [0.4, 0.5) is 0 Å². The molecule has 0 aliphatic rings. The molecule has 5 aromatic rings. The van der Waals surface area contributed by atoms with Crippen LogP contribution in [0, 0.1) is 0 Å². The van der Waals surface area contributed by atoms with Gasteiger partial charge in [-0.05, 0) is 34.7 Å². The molecule has 0 spiro atoms. The first-order chi connectivity index (χ1) is 17.7. The maximum Gasteiger partial charge on any atom is 0.311 e. The Morgan fingerprint density at radius 1 is 0.750 bits per heavy atom. The van der Waals surface area contributed by atoms with E-state index < -0.39 is 5.54 Å². The predicted molar refractivity (Wildman–Crippen MR) is 145 cm³/mol. The Hall–Kier alpha value is -4.15. The molecule has 5 rings (SSSR count). The van der Waals surface area contributed by atoms with Crippen molar-refractivity contribution >= 4 is 16.9 Å². The summed E-state index contributed by atoms with van der Waals surface area (Å²) in [4.78, 5) is 15.6. The van der Waals surface area contributed by atoms with Crippen LogP contribution >= 0.6 is 0 Å². The van der Waals surface area contributed by atoms with Crippen LogP contribution in [0.15, 0.2) is 115 Å². The number of H-pyrrole nitrogens is 1. The fourth-order valence-electron chi connectivity index (χ4n) is 5.15. The van der Waals surface area contributed by atoms with E-state index in [1.54, 1.807) is 0 Å². The number of rotatable bonds is 9. The molecule has 2 N–H and O–H groups in total. The number of benzene rings is 4. The quantitative estimate of drug-likeness (QED) is 0.203. The molecular formula is C32H30N2O2. The molecule has 0 saturated heterocycles. The SMILES string of the molecule is COC(=O)Cc1[nH]c2ccccc2c1CCNC(c1ccccc1)(c1ccccc1)c1ccccc1. The van der Waals surface area contributed by atoms with Crippen molar-refractivity contribution in [2.45, 2.75) is 18.4 Å². The highest BCUT2D eigenvalue weighted by molar-refractivity contribution is 5.86. The topological polar surface area (TPSA) is 54.1 Å². The van der Waals surface area contributed by atoms with Crippen LogP contribution in [0.2, 0.25) is 0 Å². The summed E-state index contributed by atoms with van der Waals surface area (Å²) in [6, 6.07) is 40.0. The van der Waals surface area contributed by atoms with E-state index in [-0.39, 0.29) is 12.4 Å². The maximum atomic E-state index is 12.1. The van der Waals surface area contributed by atoms with Crippen LogP contribution in [-0.4, -0.2) is 24.6 Å². The summed E-state index contributed by atoms with van der Waals surface area (Å²) >= 11 is 0. The molecule has 0 atom stereocenters.